The Morgan fingerprint density at radius 1 is 1.08 bits per heavy atom. The zero-order chi connectivity index (χ0) is 18.8. The van der Waals surface area contributed by atoms with E-state index >= 15 is 0 Å². The number of nitrogens with zero attached hydrogens (tertiary/aromatic N) is 1. The van der Waals surface area contributed by atoms with Crippen LogP contribution < -0.4 is 4.90 Å². The standard InChI is InChI=1S/C19H17Cl2NO4/c1-19(10-4-2-3-5-10)8-9-6-11(15(20)16(21)14(9)17(19)25)22-13(24)7-12(23)18(22)26/h6,10H,2-5,7-8H2,1H3. The molecule has 0 N–H and O–H groups in total. The summed E-state index contributed by atoms with van der Waals surface area (Å²) in [6.45, 7) is 1.96. The summed E-state index contributed by atoms with van der Waals surface area (Å²) in [5.74, 6) is -2.03. The van der Waals surface area contributed by atoms with Crippen LogP contribution in [-0.2, 0) is 20.8 Å². The van der Waals surface area contributed by atoms with E-state index in [0.717, 1.165) is 30.6 Å². The summed E-state index contributed by atoms with van der Waals surface area (Å²) in [5.41, 5.74) is 0.632. The lowest BCUT2D eigenvalue weighted by atomic mass is 9.73. The number of carbonyl (C=O) groups excluding carboxylic acids is 4. The first-order valence-corrected chi connectivity index (χ1v) is 9.47. The molecule has 1 aromatic rings. The second kappa shape index (κ2) is 5.89. The summed E-state index contributed by atoms with van der Waals surface area (Å²) in [5, 5.41) is 0.0247. The number of rotatable bonds is 2. The summed E-state index contributed by atoms with van der Waals surface area (Å²) in [6.07, 6.45) is 4.27. The number of ketones is 2. The summed E-state index contributed by atoms with van der Waals surface area (Å²) >= 11 is 12.7. The Morgan fingerprint density at radius 2 is 1.73 bits per heavy atom. The average Bonchev–Trinajstić information content (AvgIpc) is 3.26. The summed E-state index contributed by atoms with van der Waals surface area (Å²) in [4.78, 5) is 49.7. The van der Waals surface area contributed by atoms with Crippen molar-refractivity contribution in [3.05, 3.63) is 27.2 Å². The van der Waals surface area contributed by atoms with Crippen LogP contribution in [0.4, 0.5) is 5.69 Å². The van der Waals surface area contributed by atoms with Gasteiger partial charge in [0.2, 0.25) is 11.7 Å². The van der Waals surface area contributed by atoms with Gasteiger partial charge in [0.25, 0.3) is 0 Å². The normalized spacial score (nSPS) is 26.3. The minimum absolute atomic E-state index is 0.0204. The first-order valence-electron chi connectivity index (χ1n) is 8.71. The van der Waals surface area contributed by atoms with Crippen LogP contribution in [0.5, 0.6) is 0 Å². The molecule has 1 saturated carbocycles. The number of hydrogen-bond donors (Lipinski definition) is 0. The van der Waals surface area contributed by atoms with Gasteiger partial charge in [-0.1, -0.05) is 43.0 Å². The third-order valence-electron chi connectivity index (χ3n) is 6.07. The van der Waals surface area contributed by atoms with Crippen molar-refractivity contribution in [2.75, 3.05) is 4.90 Å². The number of fused-ring (bicyclic) bond motifs is 1. The third-order valence-corrected chi connectivity index (χ3v) is 6.93. The third kappa shape index (κ3) is 2.30. The second-order valence-electron chi connectivity index (χ2n) is 7.60. The van der Waals surface area contributed by atoms with E-state index in [1.54, 1.807) is 6.07 Å². The highest BCUT2D eigenvalue weighted by Gasteiger charge is 2.50. The summed E-state index contributed by atoms with van der Waals surface area (Å²) < 4.78 is 0. The quantitative estimate of drug-likeness (QED) is 0.435. The van der Waals surface area contributed by atoms with E-state index in [2.05, 4.69) is 0 Å². The fourth-order valence-corrected chi connectivity index (χ4v) is 5.18. The molecule has 1 atom stereocenters. The number of Topliss-reactive ketones (excluding diaryl/α,β-unsaturated/α-hetero) is 2. The molecule has 1 saturated heterocycles. The van der Waals surface area contributed by atoms with Crippen molar-refractivity contribution in [2.45, 2.75) is 45.4 Å². The molecular weight excluding hydrogens is 377 g/mol. The molecule has 0 bridgehead atoms. The van der Waals surface area contributed by atoms with Gasteiger partial charge in [0, 0.05) is 11.0 Å². The number of hydrogen-bond acceptors (Lipinski definition) is 4. The number of anilines is 1. The first-order chi connectivity index (χ1) is 12.3. The van der Waals surface area contributed by atoms with Crippen molar-refractivity contribution in [2.24, 2.45) is 11.3 Å². The largest absolute Gasteiger partial charge is 0.301 e. The predicted molar refractivity (Wildman–Crippen MR) is 96.7 cm³/mol. The fraction of sp³-hybridized carbons (Fsp3) is 0.474. The molecule has 26 heavy (non-hydrogen) atoms. The van der Waals surface area contributed by atoms with Gasteiger partial charge in [-0.2, -0.15) is 0 Å². The minimum Gasteiger partial charge on any atom is -0.293 e. The van der Waals surface area contributed by atoms with Gasteiger partial charge in [0.15, 0.2) is 5.78 Å². The fourth-order valence-electron chi connectivity index (χ4n) is 4.64. The van der Waals surface area contributed by atoms with Crippen molar-refractivity contribution >= 4 is 52.3 Å². The number of benzene rings is 1. The van der Waals surface area contributed by atoms with Crippen LogP contribution in [-0.4, -0.2) is 23.4 Å². The lowest BCUT2D eigenvalue weighted by Crippen LogP contribution is -2.32. The maximum atomic E-state index is 13.1. The van der Waals surface area contributed by atoms with Crippen LogP contribution in [0.1, 0.15) is 54.9 Å². The Balaban J connectivity index is 1.81. The van der Waals surface area contributed by atoms with Gasteiger partial charge in [-0.05, 0) is 36.8 Å². The molecule has 1 unspecified atom stereocenters. The van der Waals surface area contributed by atoms with Gasteiger partial charge in [0.05, 0.1) is 22.2 Å². The van der Waals surface area contributed by atoms with Crippen LogP contribution in [0.25, 0.3) is 0 Å². The molecule has 2 aliphatic carbocycles. The van der Waals surface area contributed by atoms with Crippen molar-refractivity contribution in [1.29, 1.82) is 0 Å². The van der Waals surface area contributed by atoms with Gasteiger partial charge >= 0.3 is 5.91 Å². The van der Waals surface area contributed by atoms with E-state index in [-0.39, 0.29) is 27.4 Å². The highest BCUT2D eigenvalue weighted by atomic mass is 35.5. The monoisotopic (exact) mass is 393 g/mol. The SMILES string of the molecule is CC1(C2CCCC2)Cc2cc(N3C(=O)CC(=O)C3=O)c(Cl)c(Cl)c2C1=O. The molecule has 1 aliphatic heterocycles. The highest BCUT2D eigenvalue weighted by molar-refractivity contribution is 6.56. The average molecular weight is 394 g/mol. The first kappa shape index (κ1) is 17.7. The predicted octanol–water partition coefficient (Wildman–Crippen LogP) is 3.76. The Labute approximate surface area is 160 Å². The van der Waals surface area contributed by atoms with E-state index < -0.39 is 29.4 Å². The highest BCUT2D eigenvalue weighted by Crippen LogP contribution is 2.52. The Morgan fingerprint density at radius 3 is 2.31 bits per heavy atom. The molecule has 1 heterocycles. The van der Waals surface area contributed by atoms with Crippen LogP contribution >= 0.6 is 23.2 Å². The smallest absolute Gasteiger partial charge is 0.293 e. The molecule has 1 aromatic carbocycles. The number of amides is 2. The number of carbonyl (C=O) groups is 4. The van der Waals surface area contributed by atoms with E-state index in [4.69, 9.17) is 23.2 Å². The minimum atomic E-state index is -0.907. The summed E-state index contributed by atoms with van der Waals surface area (Å²) in [6, 6.07) is 1.58. The zero-order valence-corrected chi connectivity index (χ0v) is 15.7. The maximum Gasteiger partial charge on any atom is 0.301 e. The van der Waals surface area contributed by atoms with Gasteiger partial charge in [-0.25, -0.2) is 4.90 Å². The molecule has 4 rings (SSSR count). The molecule has 5 nitrogen and oxygen atoms in total. The lowest BCUT2D eigenvalue weighted by Gasteiger charge is -2.29. The summed E-state index contributed by atoms with van der Waals surface area (Å²) in [7, 11) is 0. The molecule has 2 fully saturated rings. The number of halogens is 2. The van der Waals surface area contributed by atoms with Gasteiger partial charge in [0.1, 0.15) is 0 Å². The van der Waals surface area contributed by atoms with Crippen LogP contribution in [0.2, 0.25) is 10.0 Å². The van der Waals surface area contributed by atoms with E-state index in [0.29, 0.717) is 17.5 Å². The molecule has 0 radical (unpaired) electrons. The molecule has 136 valence electrons. The topological polar surface area (TPSA) is 71.5 Å². The van der Waals surface area contributed by atoms with Crippen LogP contribution in [0.3, 0.4) is 0 Å². The molecule has 0 spiro atoms. The lowest BCUT2D eigenvalue weighted by molar-refractivity contribution is -0.133. The maximum absolute atomic E-state index is 13.1. The molecule has 0 aromatic heterocycles. The van der Waals surface area contributed by atoms with Crippen molar-refractivity contribution in [1.82, 2.24) is 0 Å². The van der Waals surface area contributed by atoms with Gasteiger partial charge in [-0.15, -0.1) is 0 Å². The number of imide groups is 1. The van der Waals surface area contributed by atoms with Crippen LogP contribution in [0.15, 0.2) is 6.07 Å². The van der Waals surface area contributed by atoms with Crippen molar-refractivity contribution in [3.63, 3.8) is 0 Å². The van der Waals surface area contributed by atoms with Crippen molar-refractivity contribution < 1.29 is 19.2 Å². The Hall–Kier alpha value is -1.72. The van der Waals surface area contributed by atoms with Crippen LogP contribution in [0, 0.1) is 11.3 Å². The van der Waals surface area contributed by atoms with E-state index in [9.17, 15) is 19.2 Å². The van der Waals surface area contributed by atoms with Gasteiger partial charge < -0.3 is 0 Å². The second-order valence-corrected chi connectivity index (χ2v) is 8.35. The van der Waals surface area contributed by atoms with E-state index in [1.165, 1.54) is 0 Å². The molecule has 3 aliphatic rings. The molecule has 7 heteroatoms. The van der Waals surface area contributed by atoms with Gasteiger partial charge in [-0.3, -0.25) is 19.2 Å². The Kier molecular flexibility index (Phi) is 4.01. The van der Waals surface area contributed by atoms with Crippen molar-refractivity contribution in [3.8, 4) is 0 Å². The van der Waals surface area contributed by atoms with E-state index in [1.807, 2.05) is 6.92 Å². The molecule has 2 amide bonds. The Bertz CT molecular complexity index is 888. The zero-order valence-electron chi connectivity index (χ0n) is 14.2. The molecular formula is C19H17Cl2NO4.